The third kappa shape index (κ3) is 5.44. The average Bonchev–Trinajstić information content (AvgIpc) is 2.60. The number of hydrogen-bond acceptors (Lipinski definition) is 2. The monoisotopic (exact) mass is 364 g/mol. The summed E-state index contributed by atoms with van der Waals surface area (Å²) in [5, 5.41) is 12.1. The molecule has 1 aliphatic carbocycles. The minimum Gasteiger partial charge on any atom is -0.481 e. The molecule has 26 heavy (non-hydrogen) atoms. The first kappa shape index (κ1) is 20.2. The molecule has 1 saturated carbocycles. The number of urea groups is 1. The van der Waals surface area contributed by atoms with Crippen LogP contribution >= 0.6 is 0 Å². The Morgan fingerprint density at radius 3 is 2.27 bits per heavy atom. The molecule has 1 fully saturated rings. The first-order chi connectivity index (χ1) is 12.3. The molecule has 5 nitrogen and oxygen atoms in total. The Balaban J connectivity index is 1.93. The quantitative estimate of drug-likeness (QED) is 0.809. The van der Waals surface area contributed by atoms with E-state index in [9.17, 15) is 14.0 Å². The summed E-state index contributed by atoms with van der Waals surface area (Å²) in [5.74, 6) is -1.05. The lowest BCUT2D eigenvalue weighted by Crippen LogP contribution is -2.50. The molecule has 0 aromatic heterocycles. The molecule has 144 valence electrons. The summed E-state index contributed by atoms with van der Waals surface area (Å²) in [4.78, 5) is 25.4. The Kier molecular flexibility index (Phi) is 7.00. The molecule has 0 saturated heterocycles. The zero-order valence-electron chi connectivity index (χ0n) is 15.7. The fourth-order valence-electron chi connectivity index (χ4n) is 3.59. The number of carboxylic acids is 1. The van der Waals surface area contributed by atoms with E-state index in [4.69, 9.17) is 5.11 Å². The molecule has 2 rings (SSSR count). The third-order valence-electron chi connectivity index (χ3n) is 5.35. The average molecular weight is 364 g/mol. The second kappa shape index (κ2) is 9.01. The van der Waals surface area contributed by atoms with Gasteiger partial charge in [-0.05, 0) is 55.7 Å². The van der Waals surface area contributed by atoms with Gasteiger partial charge in [-0.1, -0.05) is 26.0 Å². The van der Waals surface area contributed by atoms with Gasteiger partial charge in [-0.3, -0.25) is 4.79 Å². The third-order valence-corrected chi connectivity index (χ3v) is 5.35. The number of aliphatic carboxylic acids is 1. The zero-order chi connectivity index (χ0) is 19.3. The van der Waals surface area contributed by atoms with Crippen molar-refractivity contribution in [2.75, 3.05) is 7.05 Å². The van der Waals surface area contributed by atoms with Crippen LogP contribution < -0.4 is 5.32 Å². The summed E-state index contributed by atoms with van der Waals surface area (Å²) in [6.07, 6.45) is 3.26. The number of hydrogen-bond donors (Lipinski definition) is 2. The van der Waals surface area contributed by atoms with Crippen molar-refractivity contribution in [3.8, 4) is 0 Å². The Bertz CT molecular complexity index is 610. The molecular formula is C20H29FN2O3. The fourth-order valence-corrected chi connectivity index (χ4v) is 3.59. The van der Waals surface area contributed by atoms with Crippen LogP contribution in [0.4, 0.5) is 9.18 Å². The Hall–Kier alpha value is -2.11. The predicted molar refractivity (Wildman–Crippen MR) is 98.4 cm³/mol. The van der Waals surface area contributed by atoms with Crippen LogP contribution in [0.1, 0.15) is 45.1 Å². The summed E-state index contributed by atoms with van der Waals surface area (Å²) in [5.41, 5.74) is 0.992. The second-order valence-electron chi connectivity index (χ2n) is 7.59. The van der Waals surface area contributed by atoms with Gasteiger partial charge in [0.05, 0.1) is 5.92 Å². The molecule has 0 heterocycles. The number of carbonyl (C=O) groups excluding carboxylic acids is 1. The van der Waals surface area contributed by atoms with E-state index in [2.05, 4.69) is 19.2 Å². The van der Waals surface area contributed by atoms with Crippen molar-refractivity contribution < 1.29 is 19.1 Å². The molecule has 0 spiro atoms. The number of carbonyl (C=O) groups is 2. The van der Waals surface area contributed by atoms with Crippen molar-refractivity contribution in [3.63, 3.8) is 0 Å². The van der Waals surface area contributed by atoms with Crippen LogP contribution in [0.5, 0.6) is 0 Å². The van der Waals surface area contributed by atoms with Gasteiger partial charge >= 0.3 is 12.0 Å². The number of likely N-dealkylation sites (N-methyl/N-ethyl adjacent to an activating group) is 1. The van der Waals surface area contributed by atoms with Crippen molar-refractivity contribution in [2.24, 2.45) is 11.8 Å². The molecule has 1 unspecified atom stereocenters. The van der Waals surface area contributed by atoms with Gasteiger partial charge in [0.15, 0.2) is 0 Å². The molecule has 1 atom stereocenters. The number of amides is 2. The topological polar surface area (TPSA) is 69.6 Å². The van der Waals surface area contributed by atoms with Gasteiger partial charge in [0, 0.05) is 19.1 Å². The van der Waals surface area contributed by atoms with Gasteiger partial charge in [-0.15, -0.1) is 0 Å². The molecule has 1 aromatic carbocycles. The van der Waals surface area contributed by atoms with Crippen LogP contribution in [0.15, 0.2) is 24.3 Å². The lowest BCUT2D eigenvalue weighted by molar-refractivity contribution is -0.142. The minimum absolute atomic E-state index is 0.00387. The van der Waals surface area contributed by atoms with E-state index in [1.165, 1.54) is 12.1 Å². The van der Waals surface area contributed by atoms with Gasteiger partial charge in [0.2, 0.25) is 0 Å². The van der Waals surface area contributed by atoms with Crippen molar-refractivity contribution in [2.45, 2.75) is 58.0 Å². The number of halogens is 1. The van der Waals surface area contributed by atoms with E-state index in [1.807, 2.05) is 0 Å². The highest BCUT2D eigenvalue weighted by atomic mass is 19.1. The van der Waals surface area contributed by atoms with Crippen molar-refractivity contribution >= 4 is 12.0 Å². The molecule has 0 bridgehead atoms. The zero-order valence-corrected chi connectivity index (χ0v) is 15.7. The van der Waals surface area contributed by atoms with Crippen LogP contribution in [0.2, 0.25) is 0 Å². The predicted octanol–water partition coefficient (Wildman–Crippen LogP) is 3.68. The normalized spacial score (nSPS) is 21.3. The number of rotatable bonds is 6. The van der Waals surface area contributed by atoms with Crippen molar-refractivity contribution in [1.29, 1.82) is 0 Å². The molecule has 6 heteroatoms. The lowest BCUT2D eigenvalue weighted by atomic mass is 9.86. The first-order valence-corrected chi connectivity index (χ1v) is 9.28. The van der Waals surface area contributed by atoms with Crippen molar-refractivity contribution in [1.82, 2.24) is 10.2 Å². The fraction of sp³-hybridized carbons (Fsp3) is 0.600. The van der Waals surface area contributed by atoms with Crippen LogP contribution in [-0.2, 0) is 11.2 Å². The molecule has 0 radical (unpaired) electrons. The summed E-state index contributed by atoms with van der Waals surface area (Å²) < 4.78 is 13.1. The standard InChI is InChI=1S/C20H29FN2O3/c1-13(2)18(12-14-4-8-16(21)9-5-14)23(3)20(26)22-17-10-6-15(7-11-17)19(24)25/h4-5,8-9,13,15,17-18H,6-7,10-12H2,1-3H3,(H,22,26)(H,24,25). The van der Waals surface area contributed by atoms with E-state index in [0.717, 1.165) is 5.56 Å². The van der Waals surface area contributed by atoms with Gasteiger partial charge in [0.1, 0.15) is 5.82 Å². The first-order valence-electron chi connectivity index (χ1n) is 9.28. The van der Waals surface area contributed by atoms with Crippen LogP contribution in [0.3, 0.4) is 0 Å². The Morgan fingerprint density at radius 2 is 1.77 bits per heavy atom. The van der Waals surface area contributed by atoms with Crippen LogP contribution in [-0.4, -0.2) is 41.1 Å². The van der Waals surface area contributed by atoms with Gasteiger partial charge < -0.3 is 15.3 Å². The summed E-state index contributed by atoms with van der Waals surface area (Å²) in [6.45, 7) is 4.13. The molecule has 1 aromatic rings. The lowest BCUT2D eigenvalue weighted by Gasteiger charge is -2.34. The highest BCUT2D eigenvalue weighted by Crippen LogP contribution is 2.25. The van der Waals surface area contributed by atoms with Gasteiger partial charge in [0.25, 0.3) is 0 Å². The SMILES string of the molecule is CC(C)C(Cc1ccc(F)cc1)N(C)C(=O)NC1CCC(C(=O)O)CC1. The number of benzene rings is 1. The minimum atomic E-state index is -0.744. The molecule has 2 amide bonds. The Morgan fingerprint density at radius 1 is 1.19 bits per heavy atom. The molecule has 2 N–H and O–H groups in total. The summed E-state index contributed by atoms with van der Waals surface area (Å²) in [7, 11) is 1.78. The maximum atomic E-state index is 13.1. The maximum Gasteiger partial charge on any atom is 0.317 e. The van der Waals surface area contributed by atoms with Crippen molar-refractivity contribution in [3.05, 3.63) is 35.6 Å². The van der Waals surface area contributed by atoms with E-state index >= 15 is 0 Å². The van der Waals surface area contributed by atoms with Crippen LogP contribution in [0, 0.1) is 17.7 Å². The maximum absolute atomic E-state index is 13.1. The smallest absolute Gasteiger partial charge is 0.317 e. The van der Waals surface area contributed by atoms with Gasteiger partial charge in [-0.25, -0.2) is 9.18 Å². The Labute approximate surface area is 154 Å². The van der Waals surface area contributed by atoms with E-state index in [-0.39, 0.29) is 35.8 Å². The van der Waals surface area contributed by atoms with Gasteiger partial charge in [-0.2, -0.15) is 0 Å². The second-order valence-corrected chi connectivity index (χ2v) is 7.59. The highest BCUT2D eigenvalue weighted by Gasteiger charge is 2.29. The van der Waals surface area contributed by atoms with E-state index in [0.29, 0.717) is 32.1 Å². The molecule has 1 aliphatic rings. The number of carboxylic acid groups (broad SMARTS) is 1. The van der Waals surface area contributed by atoms with E-state index in [1.54, 1.807) is 24.1 Å². The van der Waals surface area contributed by atoms with E-state index < -0.39 is 5.97 Å². The van der Waals surface area contributed by atoms with Crippen LogP contribution in [0.25, 0.3) is 0 Å². The highest BCUT2D eigenvalue weighted by molar-refractivity contribution is 5.75. The number of nitrogens with zero attached hydrogens (tertiary/aromatic N) is 1. The number of nitrogens with one attached hydrogen (secondary N) is 1. The summed E-state index contributed by atoms with van der Waals surface area (Å²) >= 11 is 0. The largest absolute Gasteiger partial charge is 0.481 e. The molecule has 0 aliphatic heterocycles. The summed E-state index contributed by atoms with van der Waals surface area (Å²) in [6, 6.07) is 6.27. The molecular weight excluding hydrogens is 335 g/mol.